The lowest BCUT2D eigenvalue weighted by Gasteiger charge is -2.06. The summed E-state index contributed by atoms with van der Waals surface area (Å²) in [6.07, 6.45) is 4.34. The molecule has 0 saturated carbocycles. The molecular weight excluding hydrogens is 240 g/mol. The number of nitrogens with zero attached hydrogens (tertiary/aromatic N) is 2. The topological polar surface area (TPSA) is 55.1 Å². The molecule has 0 aliphatic heterocycles. The van der Waals surface area contributed by atoms with Crippen LogP contribution in [0.25, 0.3) is 0 Å². The van der Waals surface area contributed by atoms with E-state index < -0.39 is 0 Å². The molecule has 0 aliphatic rings. The van der Waals surface area contributed by atoms with Crippen LogP contribution in [0.4, 0.5) is 0 Å². The molecule has 1 heterocycles. The van der Waals surface area contributed by atoms with Crippen molar-refractivity contribution in [3.8, 4) is 17.9 Å². The Bertz CT molecular complexity index is 573. The summed E-state index contributed by atoms with van der Waals surface area (Å²) in [4.78, 5) is 4.16. The molecule has 0 saturated heterocycles. The molecule has 2 rings (SSSR count). The third-order valence-electron chi connectivity index (χ3n) is 2.68. The molecule has 4 heteroatoms. The molecule has 0 atom stereocenters. The predicted octanol–water partition coefficient (Wildman–Crippen LogP) is 3.08. The highest BCUT2D eigenvalue weighted by molar-refractivity contribution is 5.28. The highest BCUT2D eigenvalue weighted by Crippen LogP contribution is 2.15. The van der Waals surface area contributed by atoms with Gasteiger partial charge < -0.3 is 9.47 Å². The second kappa shape index (κ2) is 6.41. The van der Waals surface area contributed by atoms with E-state index in [4.69, 9.17) is 14.7 Å². The van der Waals surface area contributed by atoms with E-state index >= 15 is 0 Å². The summed E-state index contributed by atoms with van der Waals surface area (Å²) in [6, 6.07) is 11.1. The lowest BCUT2D eigenvalue weighted by molar-refractivity contribution is 0.293. The minimum Gasteiger partial charge on any atom is -0.473 e. The molecule has 1 aromatic carbocycles. The molecule has 0 fully saturated rings. The van der Waals surface area contributed by atoms with Gasteiger partial charge in [0.1, 0.15) is 12.4 Å². The van der Waals surface area contributed by atoms with Crippen molar-refractivity contribution in [2.24, 2.45) is 0 Å². The van der Waals surface area contributed by atoms with E-state index in [0.29, 0.717) is 18.2 Å². The van der Waals surface area contributed by atoms with Gasteiger partial charge in [0.15, 0.2) is 0 Å². The summed E-state index contributed by atoms with van der Waals surface area (Å²) in [5, 5.41) is 8.39. The SMILES string of the molecule is CCc1ccnc(OCc2ccc(OC#N)cc2)c1. The highest BCUT2D eigenvalue weighted by atomic mass is 16.5. The first-order valence-corrected chi connectivity index (χ1v) is 6.04. The van der Waals surface area contributed by atoms with Crippen LogP contribution in [-0.4, -0.2) is 4.98 Å². The van der Waals surface area contributed by atoms with E-state index in [0.717, 1.165) is 12.0 Å². The predicted molar refractivity (Wildman–Crippen MR) is 70.6 cm³/mol. The zero-order valence-corrected chi connectivity index (χ0v) is 10.7. The van der Waals surface area contributed by atoms with E-state index in [1.807, 2.05) is 24.3 Å². The van der Waals surface area contributed by atoms with Crippen LogP contribution in [0.15, 0.2) is 42.6 Å². The molecule has 0 spiro atoms. The first kappa shape index (κ1) is 12.9. The van der Waals surface area contributed by atoms with Crippen LogP contribution in [-0.2, 0) is 13.0 Å². The van der Waals surface area contributed by atoms with E-state index in [-0.39, 0.29) is 0 Å². The van der Waals surface area contributed by atoms with Crippen molar-refractivity contribution in [1.82, 2.24) is 4.98 Å². The number of hydrogen-bond donors (Lipinski definition) is 0. The molecule has 1 aromatic heterocycles. The molecule has 0 amide bonds. The van der Waals surface area contributed by atoms with Crippen LogP contribution < -0.4 is 9.47 Å². The standard InChI is InChI=1S/C15H14N2O2/c1-2-12-7-8-17-15(9-12)18-10-13-3-5-14(6-4-13)19-11-16/h3-9H,2,10H2,1H3. The van der Waals surface area contributed by atoms with Gasteiger partial charge in [-0.15, -0.1) is 5.26 Å². The third kappa shape index (κ3) is 3.71. The van der Waals surface area contributed by atoms with Gasteiger partial charge in [-0.3, -0.25) is 0 Å². The summed E-state index contributed by atoms with van der Waals surface area (Å²) < 4.78 is 10.3. The second-order valence-electron chi connectivity index (χ2n) is 3.98. The highest BCUT2D eigenvalue weighted by Gasteiger charge is 1.99. The molecule has 2 aromatic rings. The van der Waals surface area contributed by atoms with Crippen molar-refractivity contribution in [3.63, 3.8) is 0 Å². The maximum Gasteiger partial charge on any atom is 0.292 e. The quantitative estimate of drug-likeness (QED) is 0.769. The first-order chi connectivity index (χ1) is 9.31. The Labute approximate surface area is 112 Å². The Morgan fingerprint density at radius 2 is 1.95 bits per heavy atom. The Hall–Kier alpha value is -2.54. The van der Waals surface area contributed by atoms with Gasteiger partial charge in [-0.25, -0.2) is 4.98 Å². The first-order valence-electron chi connectivity index (χ1n) is 6.04. The molecule has 0 N–H and O–H groups in total. The van der Waals surface area contributed by atoms with Gasteiger partial charge in [-0.2, -0.15) is 0 Å². The fraction of sp³-hybridized carbons (Fsp3) is 0.200. The fourth-order valence-electron chi connectivity index (χ4n) is 1.61. The van der Waals surface area contributed by atoms with Gasteiger partial charge in [0, 0.05) is 12.3 Å². The summed E-state index contributed by atoms with van der Waals surface area (Å²) in [5.74, 6) is 1.15. The monoisotopic (exact) mass is 254 g/mol. The van der Waals surface area contributed by atoms with E-state index in [1.54, 1.807) is 24.6 Å². The van der Waals surface area contributed by atoms with Crippen molar-refractivity contribution in [2.75, 3.05) is 0 Å². The van der Waals surface area contributed by atoms with E-state index in [9.17, 15) is 0 Å². The number of benzene rings is 1. The number of aromatic nitrogens is 1. The van der Waals surface area contributed by atoms with Crippen molar-refractivity contribution >= 4 is 0 Å². The minimum absolute atomic E-state index is 0.438. The van der Waals surface area contributed by atoms with Crippen LogP contribution in [0, 0.1) is 11.5 Å². The maximum absolute atomic E-state index is 8.39. The molecule has 0 unspecified atom stereocenters. The lowest BCUT2D eigenvalue weighted by atomic mass is 10.2. The number of hydrogen-bond acceptors (Lipinski definition) is 4. The molecular formula is C15H14N2O2. The summed E-state index contributed by atoms with van der Waals surface area (Å²) in [7, 11) is 0. The normalized spacial score (nSPS) is 9.68. The van der Waals surface area contributed by atoms with Crippen molar-refractivity contribution in [1.29, 1.82) is 5.26 Å². The van der Waals surface area contributed by atoms with Gasteiger partial charge in [-0.1, -0.05) is 19.1 Å². The lowest BCUT2D eigenvalue weighted by Crippen LogP contribution is -1.97. The number of ether oxygens (including phenoxy) is 2. The molecule has 4 nitrogen and oxygen atoms in total. The number of rotatable bonds is 5. The average Bonchev–Trinajstić information content (AvgIpc) is 2.47. The third-order valence-corrected chi connectivity index (χ3v) is 2.68. The smallest absolute Gasteiger partial charge is 0.292 e. The van der Waals surface area contributed by atoms with Gasteiger partial charge in [0.2, 0.25) is 5.88 Å². The molecule has 0 aliphatic carbocycles. The number of aryl methyl sites for hydroxylation is 1. The molecule has 0 bridgehead atoms. The zero-order valence-electron chi connectivity index (χ0n) is 10.7. The minimum atomic E-state index is 0.438. The second-order valence-corrected chi connectivity index (χ2v) is 3.98. The van der Waals surface area contributed by atoms with E-state index in [2.05, 4.69) is 11.9 Å². The van der Waals surface area contributed by atoms with Gasteiger partial charge >= 0.3 is 0 Å². The van der Waals surface area contributed by atoms with Crippen LogP contribution in [0.3, 0.4) is 0 Å². The van der Waals surface area contributed by atoms with Crippen molar-refractivity contribution in [2.45, 2.75) is 20.0 Å². The number of pyridine rings is 1. The van der Waals surface area contributed by atoms with Gasteiger partial charge in [0.25, 0.3) is 6.26 Å². The fourth-order valence-corrected chi connectivity index (χ4v) is 1.61. The average molecular weight is 254 g/mol. The van der Waals surface area contributed by atoms with Crippen LogP contribution >= 0.6 is 0 Å². The molecule has 96 valence electrons. The van der Waals surface area contributed by atoms with Crippen molar-refractivity contribution < 1.29 is 9.47 Å². The Morgan fingerprint density at radius 1 is 1.16 bits per heavy atom. The molecule has 0 radical (unpaired) electrons. The van der Waals surface area contributed by atoms with Crippen molar-refractivity contribution in [3.05, 3.63) is 53.7 Å². The van der Waals surface area contributed by atoms with Gasteiger partial charge in [-0.05, 0) is 35.7 Å². The number of nitriles is 1. The summed E-state index contributed by atoms with van der Waals surface area (Å²) in [6.45, 7) is 2.53. The Kier molecular flexibility index (Phi) is 4.35. The van der Waals surface area contributed by atoms with E-state index in [1.165, 1.54) is 5.56 Å². The van der Waals surface area contributed by atoms with Crippen LogP contribution in [0.2, 0.25) is 0 Å². The summed E-state index contributed by atoms with van der Waals surface area (Å²) in [5.41, 5.74) is 2.19. The van der Waals surface area contributed by atoms with Crippen LogP contribution in [0.1, 0.15) is 18.1 Å². The Balaban J connectivity index is 1.96. The largest absolute Gasteiger partial charge is 0.473 e. The van der Waals surface area contributed by atoms with Gasteiger partial charge in [0.05, 0.1) is 0 Å². The Morgan fingerprint density at radius 3 is 2.63 bits per heavy atom. The molecule has 19 heavy (non-hydrogen) atoms. The zero-order chi connectivity index (χ0) is 13.5. The summed E-state index contributed by atoms with van der Waals surface area (Å²) >= 11 is 0. The maximum atomic E-state index is 8.39. The van der Waals surface area contributed by atoms with Crippen LogP contribution in [0.5, 0.6) is 11.6 Å².